The fourth-order valence-electron chi connectivity index (χ4n) is 3.17. The van der Waals surface area contributed by atoms with Crippen molar-refractivity contribution in [1.29, 1.82) is 0 Å². The molecule has 1 unspecified atom stereocenters. The lowest BCUT2D eigenvalue weighted by molar-refractivity contribution is -0.119. The summed E-state index contributed by atoms with van der Waals surface area (Å²) in [5.74, 6) is 0.0172. The first-order chi connectivity index (χ1) is 13.1. The molecule has 1 aliphatic rings. The van der Waals surface area contributed by atoms with E-state index in [1.807, 2.05) is 17.5 Å². The highest BCUT2D eigenvalue weighted by atomic mass is 32.2. The van der Waals surface area contributed by atoms with Crippen LogP contribution in [0.1, 0.15) is 12.8 Å². The lowest BCUT2D eigenvalue weighted by Gasteiger charge is -2.23. The quantitative estimate of drug-likeness (QED) is 0.686. The number of hydrogen-bond donors (Lipinski definition) is 2. The zero-order valence-corrected chi connectivity index (χ0v) is 16.0. The average Bonchev–Trinajstić information content (AvgIpc) is 3.42. The Morgan fingerprint density at radius 1 is 1.22 bits per heavy atom. The summed E-state index contributed by atoms with van der Waals surface area (Å²) in [6.07, 6.45) is 1.13. The predicted molar refractivity (Wildman–Crippen MR) is 104 cm³/mol. The van der Waals surface area contributed by atoms with Gasteiger partial charge in [0, 0.05) is 12.6 Å². The van der Waals surface area contributed by atoms with E-state index in [4.69, 9.17) is 0 Å². The average molecular weight is 403 g/mol. The van der Waals surface area contributed by atoms with E-state index in [-0.39, 0.29) is 10.8 Å². The Kier molecular flexibility index (Phi) is 4.81. The number of aromatic amines is 1. The first kappa shape index (κ1) is 17.9. The van der Waals surface area contributed by atoms with E-state index in [0.29, 0.717) is 25.2 Å². The Balaban J connectivity index is 1.51. The second-order valence-electron chi connectivity index (χ2n) is 6.22. The molecule has 0 spiro atoms. The third-order valence-electron chi connectivity index (χ3n) is 4.47. The van der Waals surface area contributed by atoms with Crippen molar-refractivity contribution in [3.63, 3.8) is 0 Å². The maximum absolute atomic E-state index is 12.9. The molecule has 0 saturated carbocycles. The van der Waals surface area contributed by atoms with Crippen molar-refractivity contribution in [1.82, 2.24) is 14.5 Å². The van der Waals surface area contributed by atoms with Crippen molar-refractivity contribution in [3.8, 4) is 10.6 Å². The summed E-state index contributed by atoms with van der Waals surface area (Å²) in [7, 11) is -3.71. The van der Waals surface area contributed by atoms with Crippen LogP contribution in [0.25, 0.3) is 10.6 Å². The van der Waals surface area contributed by atoms with E-state index in [9.17, 15) is 13.2 Å². The minimum Gasteiger partial charge on any atom is -0.308 e. The van der Waals surface area contributed by atoms with E-state index in [1.54, 1.807) is 47.7 Å². The van der Waals surface area contributed by atoms with Crippen LogP contribution in [0.5, 0.6) is 0 Å². The van der Waals surface area contributed by atoms with Gasteiger partial charge in [-0.1, -0.05) is 24.3 Å². The molecular weight excluding hydrogens is 384 g/mol. The van der Waals surface area contributed by atoms with E-state index < -0.39 is 16.1 Å². The van der Waals surface area contributed by atoms with Crippen LogP contribution in [-0.2, 0) is 14.8 Å². The van der Waals surface area contributed by atoms with Gasteiger partial charge in [-0.25, -0.2) is 8.42 Å². The highest BCUT2D eigenvalue weighted by Gasteiger charge is 2.39. The van der Waals surface area contributed by atoms with Crippen molar-refractivity contribution >= 4 is 33.1 Å². The Bertz CT molecular complexity index is 1030. The van der Waals surface area contributed by atoms with Crippen molar-refractivity contribution < 1.29 is 13.2 Å². The van der Waals surface area contributed by atoms with Crippen LogP contribution in [0, 0.1) is 0 Å². The normalized spacial score (nSPS) is 17.9. The van der Waals surface area contributed by atoms with Crippen molar-refractivity contribution in [3.05, 3.63) is 53.9 Å². The van der Waals surface area contributed by atoms with Gasteiger partial charge in [0.1, 0.15) is 6.04 Å². The molecule has 2 N–H and O–H groups in total. The second-order valence-corrected chi connectivity index (χ2v) is 9.06. The van der Waals surface area contributed by atoms with Gasteiger partial charge < -0.3 is 5.32 Å². The number of amides is 1. The number of H-pyrrole nitrogens is 1. The summed E-state index contributed by atoms with van der Waals surface area (Å²) in [5, 5.41) is 11.7. The first-order valence-electron chi connectivity index (χ1n) is 8.53. The van der Waals surface area contributed by atoms with E-state index >= 15 is 0 Å². The van der Waals surface area contributed by atoms with Crippen LogP contribution >= 0.6 is 11.3 Å². The molecule has 1 atom stereocenters. The third kappa shape index (κ3) is 3.53. The zero-order chi connectivity index (χ0) is 18.9. The molecule has 2 aromatic heterocycles. The van der Waals surface area contributed by atoms with Crippen LogP contribution in [0.4, 0.5) is 5.82 Å². The number of nitrogens with zero attached hydrogens (tertiary/aromatic N) is 2. The van der Waals surface area contributed by atoms with Gasteiger partial charge in [0.2, 0.25) is 15.9 Å². The van der Waals surface area contributed by atoms with Crippen molar-refractivity contribution in [2.75, 3.05) is 11.9 Å². The molecule has 9 heteroatoms. The summed E-state index contributed by atoms with van der Waals surface area (Å²) in [6.45, 7) is 0.330. The summed E-state index contributed by atoms with van der Waals surface area (Å²) in [5.41, 5.74) is 0.806. The number of benzene rings is 1. The first-order valence-corrected chi connectivity index (χ1v) is 10.8. The van der Waals surface area contributed by atoms with E-state index in [0.717, 1.165) is 10.6 Å². The maximum atomic E-state index is 12.9. The van der Waals surface area contributed by atoms with Crippen molar-refractivity contribution in [2.24, 2.45) is 0 Å². The summed E-state index contributed by atoms with van der Waals surface area (Å²) < 4.78 is 27.1. The molecule has 1 amide bonds. The zero-order valence-electron chi connectivity index (χ0n) is 14.3. The van der Waals surface area contributed by atoms with Gasteiger partial charge in [-0.3, -0.25) is 9.89 Å². The van der Waals surface area contributed by atoms with Gasteiger partial charge in [0.05, 0.1) is 15.5 Å². The van der Waals surface area contributed by atoms with Crippen LogP contribution < -0.4 is 5.32 Å². The van der Waals surface area contributed by atoms with E-state index in [2.05, 4.69) is 15.5 Å². The predicted octanol–water partition coefficient (Wildman–Crippen LogP) is 2.93. The maximum Gasteiger partial charge on any atom is 0.244 e. The van der Waals surface area contributed by atoms with Gasteiger partial charge >= 0.3 is 0 Å². The van der Waals surface area contributed by atoms with Gasteiger partial charge in [-0.15, -0.1) is 11.3 Å². The molecule has 1 aromatic carbocycles. The number of aromatic nitrogens is 2. The molecule has 3 heterocycles. The molecule has 0 bridgehead atoms. The number of carbonyl (C=O) groups excluding carboxylic acids is 1. The third-order valence-corrected chi connectivity index (χ3v) is 7.30. The number of nitrogens with one attached hydrogen (secondary N) is 2. The monoisotopic (exact) mass is 402 g/mol. The van der Waals surface area contributed by atoms with Crippen LogP contribution in [0.15, 0.2) is 58.8 Å². The number of anilines is 1. The minimum absolute atomic E-state index is 0.199. The smallest absolute Gasteiger partial charge is 0.244 e. The molecule has 140 valence electrons. The lowest BCUT2D eigenvalue weighted by atomic mass is 10.2. The standard InChI is InChI=1S/C18H18N4O3S2/c23-18(19-17-12-14(20-21-17)16-9-5-11-26-16)15-8-4-10-22(15)27(24,25)13-6-2-1-3-7-13/h1-3,5-7,9,11-12,15H,4,8,10H2,(H2,19,20,21,23). The molecule has 1 saturated heterocycles. The lowest BCUT2D eigenvalue weighted by Crippen LogP contribution is -2.43. The minimum atomic E-state index is -3.71. The Hall–Kier alpha value is -2.49. The SMILES string of the molecule is O=C(Nc1cc(-c2cccs2)[nH]n1)C1CCCN1S(=O)(=O)c1ccccc1. The van der Waals surface area contributed by atoms with Gasteiger partial charge in [-0.05, 0) is 36.4 Å². The fourth-order valence-corrected chi connectivity index (χ4v) is 5.54. The van der Waals surface area contributed by atoms with Crippen LogP contribution in [-0.4, -0.2) is 41.4 Å². The molecule has 1 fully saturated rings. The molecule has 27 heavy (non-hydrogen) atoms. The summed E-state index contributed by atoms with van der Waals surface area (Å²) >= 11 is 1.56. The summed E-state index contributed by atoms with van der Waals surface area (Å²) in [4.78, 5) is 13.9. The molecule has 3 aromatic rings. The summed E-state index contributed by atoms with van der Waals surface area (Å²) in [6, 6.07) is 13.1. The fraction of sp³-hybridized carbons (Fsp3) is 0.222. The number of carbonyl (C=O) groups is 1. The van der Waals surface area contributed by atoms with E-state index in [1.165, 1.54) is 4.31 Å². The number of hydrogen-bond acceptors (Lipinski definition) is 5. The molecule has 7 nitrogen and oxygen atoms in total. The highest BCUT2D eigenvalue weighted by Crippen LogP contribution is 2.28. The van der Waals surface area contributed by atoms with Gasteiger partial charge in [0.15, 0.2) is 5.82 Å². The Morgan fingerprint density at radius 2 is 2.04 bits per heavy atom. The number of sulfonamides is 1. The van der Waals surface area contributed by atoms with Crippen molar-refractivity contribution in [2.45, 2.75) is 23.8 Å². The largest absolute Gasteiger partial charge is 0.308 e. The van der Waals surface area contributed by atoms with Crippen LogP contribution in [0.2, 0.25) is 0 Å². The van der Waals surface area contributed by atoms with Crippen LogP contribution in [0.3, 0.4) is 0 Å². The number of rotatable bonds is 5. The Morgan fingerprint density at radius 3 is 2.78 bits per heavy atom. The molecular formula is C18H18N4O3S2. The Labute approximate surface area is 161 Å². The van der Waals surface area contributed by atoms with Gasteiger partial charge in [-0.2, -0.15) is 9.40 Å². The second kappa shape index (κ2) is 7.26. The molecule has 4 rings (SSSR count). The van der Waals surface area contributed by atoms with Gasteiger partial charge in [0.25, 0.3) is 0 Å². The molecule has 0 radical (unpaired) electrons. The molecule has 1 aliphatic heterocycles. The number of thiophene rings is 1. The topological polar surface area (TPSA) is 95.2 Å². The molecule has 0 aliphatic carbocycles. The highest BCUT2D eigenvalue weighted by molar-refractivity contribution is 7.89.